The highest BCUT2D eigenvalue weighted by molar-refractivity contribution is 8.13. The molecule has 0 aromatic rings. The lowest BCUT2D eigenvalue weighted by Gasteiger charge is -2.50. The molecule has 9 aliphatic rings. The van der Waals surface area contributed by atoms with Crippen molar-refractivity contribution in [1.82, 2.24) is 41.3 Å². The van der Waals surface area contributed by atoms with Crippen LogP contribution in [0, 0.1) is 0 Å². The van der Waals surface area contributed by atoms with Crippen LogP contribution in [-0.4, -0.2) is 285 Å². The zero-order valence-electron chi connectivity index (χ0n) is 50.1. The van der Waals surface area contributed by atoms with Crippen LogP contribution in [0.1, 0.15) is 19.3 Å². The fourth-order valence-electron chi connectivity index (χ4n) is 9.74. The summed E-state index contributed by atoms with van der Waals surface area (Å²) in [6.45, 7) is 48.6. The first kappa shape index (κ1) is 80.2. The van der Waals surface area contributed by atoms with Crippen molar-refractivity contribution in [2.75, 3.05) is 203 Å². The summed E-state index contributed by atoms with van der Waals surface area (Å²) in [5, 5.41) is 12.1. The van der Waals surface area contributed by atoms with Gasteiger partial charge >= 0.3 is 36.6 Å². The van der Waals surface area contributed by atoms with Gasteiger partial charge in [0.05, 0.1) is 78.5 Å². The summed E-state index contributed by atoms with van der Waals surface area (Å²) >= 11 is 1.08. The summed E-state index contributed by atoms with van der Waals surface area (Å²) in [5.41, 5.74) is 5.55. The number of carbonyl (C=O) groups is 6. The van der Waals surface area contributed by atoms with E-state index < -0.39 is 36.6 Å². The Kier molecular flexibility index (Phi) is 43.3. The topological polar surface area (TPSA) is 291 Å². The number of nitrogens with zero attached hydrogens (tertiary/aromatic N) is 9. The van der Waals surface area contributed by atoms with Crippen molar-refractivity contribution in [1.29, 1.82) is 0 Å². The van der Waals surface area contributed by atoms with Crippen molar-refractivity contribution in [2.45, 2.75) is 19.3 Å². The molecule has 0 radical (unpaired) electrons. The highest BCUT2D eigenvalue weighted by atomic mass is 35.5. The standard InChI is InChI=1S/2C18H29N5O4.C10H14N2O4S.C9H20N3.3ClH/c2*1-3-14-26-17(24)20-16(21-18(25)27-15-4-2)19-6-5-10-23-11-7-22(8-12-23)9-13-23;1-4-6-15-9(13)11-8(17-3)12-10(14)16-7-5-2;10-2-1-6-12-7-3-11(4-8-12)5-9-12;;;/h2*3-4H,1-2,5-15H2,(H-,19,20,21,24,25);4-5H,1-2,6-7H2,3H3,(H,11,12,13,14);1-10H2;3*1H/q;;;+1;;;/p-1. The molecular weight excluding hydrogens is 1200 g/mol. The number of aliphatic imine (C=N–C) groups is 3. The van der Waals surface area contributed by atoms with Gasteiger partial charge in [-0.2, -0.15) is 4.99 Å². The Morgan fingerprint density at radius 1 is 0.442 bits per heavy atom. The molecular formula is C55H94Cl3N15O12S. The van der Waals surface area contributed by atoms with Crippen LogP contribution in [0.3, 0.4) is 0 Å². The van der Waals surface area contributed by atoms with E-state index in [9.17, 15) is 28.8 Å². The fourth-order valence-corrected chi connectivity index (χ4v) is 10.1. The lowest BCUT2D eigenvalue weighted by atomic mass is 10.1. The molecule has 86 heavy (non-hydrogen) atoms. The van der Waals surface area contributed by atoms with Gasteiger partial charge in [-0.05, 0) is 12.8 Å². The maximum absolute atomic E-state index is 11.7. The van der Waals surface area contributed by atoms with E-state index >= 15 is 0 Å². The monoisotopic (exact) mass is 1290 g/mol. The zero-order valence-corrected chi connectivity index (χ0v) is 53.2. The zero-order chi connectivity index (χ0) is 60.6. The highest BCUT2D eigenvalue weighted by Crippen LogP contribution is 2.22. The molecule has 9 fully saturated rings. The summed E-state index contributed by atoms with van der Waals surface area (Å²) in [6.07, 6.45) is 8.86. The van der Waals surface area contributed by atoms with Crippen molar-refractivity contribution in [3.63, 3.8) is 0 Å². The molecule has 0 unspecified atom stereocenters. The minimum absolute atomic E-state index is 0. The Bertz CT molecular complexity index is 2020. The van der Waals surface area contributed by atoms with Crippen LogP contribution >= 0.6 is 11.8 Å². The van der Waals surface area contributed by atoms with Gasteiger partial charge in [-0.3, -0.25) is 51.3 Å². The third-order valence-electron chi connectivity index (χ3n) is 14.4. The van der Waals surface area contributed by atoms with Crippen molar-refractivity contribution >= 4 is 65.4 Å². The Morgan fingerprint density at radius 3 is 0.953 bits per heavy atom. The van der Waals surface area contributed by atoms with Crippen molar-refractivity contribution < 1.29 is 108 Å². The first-order valence-electron chi connectivity index (χ1n) is 28.3. The van der Waals surface area contributed by atoms with Crippen molar-refractivity contribution in [3.8, 4) is 0 Å². The number of amidine groups is 1. The van der Waals surface area contributed by atoms with Crippen LogP contribution < -0.4 is 69.5 Å². The molecule has 9 saturated heterocycles. The quantitative estimate of drug-likeness (QED) is 0.0139. The van der Waals surface area contributed by atoms with E-state index in [-0.39, 0.29) is 93.9 Å². The van der Waals surface area contributed by atoms with Gasteiger partial charge in [0.2, 0.25) is 11.9 Å². The lowest BCUT2D eigenvalue weighted by molar-refractivity contribution is -0.941. The Balaban J connectivity index is 0.00000115. The number of nitrogens with one attached hydrogen (secondary N) is 5. The van der Waals surface area contributed by atoms with Crippen LogP contribution in [0.15, 0.2) is 90.9 Å². The number of ether oxygens (including phenoxy) is 6. The van der Waals surface area contributed by atoms with E-state index in [1.165, 1.54) is 172 Å². The van der Waals surface area contributed by atoms with Crippen LogP contribution in [0.5, 0.6) is 0 Å². The molecule has 488 valence electrons. The fraction of sp³-hybridized carbons (Fsp3) is 0.618. The first-order chi connectivity index (χ1) is 40.1. The highest BCUT2D eigenvalue weighted by Gasteiger charge is 2.39. The number of guanidine groups is 2. The number of amides is 6. The van der Waals surface area contributed by atoms with E-state index in [1.54, 1.807) is 6.26 Å². The molecule has 0 spiro atoms. The van der Waals surface area contributed by atoms with Crippen molar-refractivity contribution in [3.05, 3.63) is 75.9 Å². The molecule has 6 bridgehead atoms. The Labute approximate surface area is 530 Å². The number of carbonyl (C=O) groups excluding carboxylic acids is 6. The molecule has 6 amide bonds. The third kappa shape index (κ3) is 32.8. The number of halogens is 3. The number of fused-ring (bicyclic) bond motifs is 9. The second kappa shape index (κ2) is 46.4. The number of thioether (sulfide) groups is 1. The van der Waals surface area contributed by atoms with Gasteiger partial charge in [0.1, 0.15) is 39.6 Å². The van der Waals surface area contributed by atoms with Gasteiger partial charge < -0.3 is 84.8 Å². The first-order valence-corrected chi connectivity index (χ1v) is 29.5. The molecule has 9 rings (SSSR count). The van der Waals surface area contributed by atoms with Gasteiger partial charge in [0.25, 0.3) is 0 Å². The van der Waals surface area contributed by atoms with Crippen molar-refractivity contribution in [2.24, 2.45) is 20.7 Å². The van der Waals surface area contributed by atoms with Gasteiger partial charge in [-0.1, -0.05) is 87.7 Å². The second-order valence-electron chi connectivity index (χ2n) is 20.1. The van der Waals surface area contributed by atoms with E-state index in [4.69, 9.17) is 24.7 Å². The maximum Gasteiger partial charge on any atom is 0.436 e. The summed E-state index contributed by atoms with van der Waals surface area (Å²) in [5.74, 6) is 0.0307. The van der Waals surface area contributed by atoms with E-state index in [1.807, 2.05) is 0 Å². The average molecular weight is 1300 g/mol. The Morgan fingerprint density at radius 2 is 0.698 bits per heavy atom. The molecule has 31 heteroatoms. The van der Waals surface area contributed by atoms with E-state index in [0.717, 1.165) is 53.2 Å². The van der Waals surface area contributed by atoms with Crippen LogP contribution in [0.2, 0.25) is 0 Å². The second-order valence-corrected chi connectivity index (χ2v) is 20.9. The SMILES string of the molecule is C=CCOC(=O)N=C(NC(=O)OCC=C)SC.C=CCOC(=O)NC(=NCCC[N+]12CCN(CC1)CC2)NC(=O)OCC=C.C=CCOC(=O)NC(=NCCC[N+]12CCN(CC1)CC2)NC(=O)OCC=C.NCCC[N+]12CCN(CC1)CC2.[Cl-].[Cl-].[Cl-]. The third-order valence-corrected chi connectivity index (χ3v) is 15.0. The number of rotatable bonds is 23. The number of hydrogen-bond acceptors (Lipinski definition) is 19. The molecule has 9 aliphatic heterocycles. The Hall–Kier alpha value is -5.79. The summed E-state index contributed by atoms with van der Waals surface area (Å²) < 4.78 is 32.4. The largest absolute Gasteiger partial charge is 1.00 e. The van der Waals surface area contributed by atoms with Gasteiger partial charge in [0.15, 0.2) is 5.17 Å². The van der Waals surface area contributed by atoms with Gasteiger partial charge in [0, 0.05) is 91.3 Å². The lowest BCUT2D eigenvalue weighted by Crippen LogP contribution is -3.00. The predicted octanol–water partition coefficient (Wildman–Crippen LogP) is -6.16. The number of quaternary nitrogens is 3. The van der Waals surface area contributed by atoms with Gasteiger partial charge in [-0.25, -0.2) is 28.8 Å². The molecule has 0 aliphatic carbocycles. The summed E-state index contributed by atoms with van der Waals surface area (Å²) in [7, 11) is 0. The van der Waals surface area contributed by atoms with Crippen LogP contribution in [-0.2, 0) is 28.4 Å². The number of piperazine rings is 9. The smallest absolute Gasteiger partial charge is 0.436 e. The number of alkyl carbamates (subject to hydrolysis) is 5. The van der Waals surface area contributed by atoms with E-state index in [2.05, 4.69) is 105 Å². The molecule has 7 N–H and O–H groups in total. The summed E-state index contributed by atoms with van der Waals surface area (Å²) in [6, 6.07) is 0. The van der Waals surface area contributed by atoms with Crippen LogP contribution in [0.25, 0.3) is 0 Å². The molecule has 9 heterocycles. The molecule has 0 aromatic carbocycles. The molecule has 27 nitrogen and oxygen atoms in total. The van der Waals surface area contributed by atoms with Crippen LogP contribution in [0.4, 0.5) is 28.8 Å². The normalized spacial score (nSPS) is 22.1. The number of nitrogens with two attached hydrogens (primary N) is 1. The molecule has 0 aromatic heterocycles. The number of hydrogen-bond donors (Lipinski definition) is 6. The predicted molar refractivity (Wildman–Crippen MR) is 322 cm³/mol. The van der Waals surface area contributed by atoms with Gasteiger partial charge in [-0.15, -0.1) is 0 Å². The average Bonchev–Trinajstić information content (AvgIpc) is 3.62. The minimum Gasteiger partial charge on any atom is -1.00 e. The molecule has 0 saturated carbocycles. The maximum atomic E-state index is 11.7. The van der Waals surface area contributed by atoms with E-state index in [0.29, 0.717) is 13.1 Å². The minimum atomic E-state index is -0.807. The summed E-state index contributed by atoms with van der Waals surface area (Å²) in [4.78, 5) is 88.8. The molecule has 0 atom stereocenters.